The van der Waals surface area contributed by atoms with Crippen LogP contribution in [0.15, 0.2) is 35.7 Å². The summed E-state index contributed by atoms with van der Waals surface area (Å²) in [6.45, 7) is 1.79. The maximum atomic E-state index is 12.9. The van der Waals surface area contributed by atoms with Crippen molar-refractivity contribution >= 4 is 23.2 Å². The normalized spacial score (nSPS) is 13.4. The number of hydrogen-bond acceptors (Lipinski definition) is 3. The van der Waals surface area contributed by atoms with Gasteiger partial charge in [-0.05, 0) is 41.1 Å². The molecule has 132 valence electrons. The zero-order valence-electron chi connectivity index (χ0n) is 14.2. The molecular formula is C19H21FN2O2S. The topological polar surface area (TPSA) is 40.6 Å². The number of hydrogen-bond donors (Lipinski definition) is 0. The highest BCUT2D eigenvalue weighted by molar-refractivity contribution is 7.10. The molecule has 6 heteroatoms. The van der Waals surface area contributed by atoms with Crippen LogP contribution < -0.4 is 0 Å². The third kappa shape index (κ3) is 4.45. The van der Waals surface area contributed by atoms with E-state index in [1.807, 2.05) is 4.90 Å². The molecule has 0 N–H and O–H groups in total. The number of nitrogens with zero attached hydrogens (tertiary/aromatic N) is 2. The maximum absolute atomic E-state index is 12.9. The second-order valence-corrected chi connectivity index (χ2v) is 7.31. The molecular weight excluding hydrogens is 339 g/mol. The van der Waals surface area contributed by atoms with Crippen molar-refractivity contribution in [1.82, 2.24) is 9.80 Å². The molecule has 0 saturated carbocycles. The molecule has 1 aromatic heterocycles. The van der Waals surface area contributed by atoms with E-state index in [4.69, 9.17) is 0 Å². The standard InChI is InChI=1S/C19H21FN2O2S/c1-21(12-14-2-4-16(20)5-3-14)18(23)6-7-19(24)22-10-8-17-15(13-22)9-11-25-17/h2-5,9,11H,6-8,10,12-13H2,1H3. The van der Waals surface area contributed by atoms with Gasteiger partial charge in [0.15, 0.2) is 0 Å². The SMILES string of the molecule is CN(Cc1ccc(F)cc1)C(=O)CCC(=O)N1CCc2sccc2C1. The van der Waals surface area contributed by atoms with Crippen LogP contribution >= 0.6 is 11.3 Å². The van der Waals surface area contributed by atoms with Gasteiger partial charge in [0.25, 0.3) is 0 Å². The smallest absolute Gasteiger partial charge is 0.223 e. The molecule has 2 amide bonds. The van der Waals surface area contributed by atoms with Crippen molar-refractivity contribution in [2.24, 2.45) is 0 Å². The molecule has 0 unspecified atom stereocenters. The second kappa shape index (κ2) is 7.78. The Morgan fingerprint density at radius 3 is 2.72 bits per heavy atom. The molecule has 2 heterocycles. The third-order valence-electron chi connectivity index (χ3n) is 4.47. The third-order valence-corrected chi connectivity index (χ3v) is 5.49. The van der Waals surface area contributed by atoms with Crippen molar-refractivity contribution in [3.63, 3.8) is 0 Å². The van der Waals surface area contributed by atoms with E-state index >= 15 is 0 Å². The Hall–Kier alpha value is -2.21. The summed E-state index contributed by atoms with van der Waals surface area (Å²) in [5.41, 5.74) is 2.09. The van der Waals surface area contributed by atoms with Gasteiger partial charge in [-0.1, -0.05) is 12.1 Å². The van der Waals surface area contributed by atoms with Crippen molar-refractivity contribution in [3.8, 4) is 0 Å². The van der Waals surface area contributed by atoms with E-state index in [9.17, 15) is 14.0 Å². The molecule has 3 rings (SSSR count). The van der Waals surface area contributed by atoms with Crippen LogP contribution in [-0.4, -0.2) is 35.2 Å². The predicted molar refractivity (Wildman–Crippen MR) is 95.5 cm³/mol. The predicted octanol–water partition coefficient (Wildman–Crippen LogP) is 3.21. The fourth-order valence-electron chi connectivity index (χ4n) is 2.98. The number of fused-ring (bicyclic) bond motifs is 1. The number of halogens is 1. The average molecular weight is 360 g/mol. The Morgan fingerprint density at radius 1 is 1.20 bits per heavy atom. The molecule has 25 heavy (non-hydrogen) atoms. The first-order chi connectivity index (χ1) is 12.0. The molecule has 0 aliphatic carbocycles. The maximum Gasteiger partial charge on any atom is 0.223 e. The molecule has 0 radical (unpaired) electrons. The largest absolute Gasteiger partial charge is 0.341 e. The highest BCUT2D eigenvalue weighted by Gasteiger charge is 2.22. The summed E-state index contributed by atoms with van der Waals surface area (Å²) in [4.78, 5) is 29.4. The number of carbonyl (C=O) groups is 2. The van der Waals surface area contributed by atoms with Crippen LogP contribution in [0.25, 0.3) is 0 Å². The van der Waals surface area contributed by atoms with Crippen molar-refractivity contribution in [2.75, 3.05) is 13.6 Å². The molecule has 0 atom stereocenters. The summed E-state index contributed by atoms with van der Waals surface area (Å²) in [6.07, 6.45) is 1.33. The minimum Gasteiger partial charge on any atom is -0.341 e. The van der Waals surface area contributed by atoms with Gasteiger partial charge in [-0.25, -0.2) is 4.39 Å². The van der Waals surface area contributed by atoms with Gasteiger partial charge < -0.3 is 9.80 Å². The van der Waals surface area contributed by atoms with Crippen molar-refractivity contribution in [3.05, 3.63) is 57.5 Å². The van der Waals surface area contributed by atoms with Gasteiger partial charge in [0.05, 0.1) is 0 Å². The second-order valence-electron chi connectivity index (χ2n) is 6.31. The number of amides is 2. The van der Waals surface area contributed by atoms with Crippen LogP contribution in [0.4, 0.5) is 4.39 Å². The summed E-state index contributed by atoms with van der Waals surface area (Å²) in [5.74, 6) is -0.343. The summed E-state index contributed by atoms with van der Waals surface area (Å²) in [6, 6.07) is 8.16. The Labute approximate surface area is 150 Å². The summed E-state index contributed by atoms with van der Waals surface area (Å²) >= 11 is 1.74. The van der Waals surface area contributed by atoms with E-state index in [1.54, 1.807) is 35.4 Å². The first-order valence-electron chi connectivity index (χ1n) is 8.34. The molecule has 1 aromatic carbocycles. The van der Waals surface area contributed by atoms with Crippen molar-refractivity contribution < 1.29 is 14.0 Å². The van der Waals surface area contributed by atoms with Crippen molar-refractivity contribution in [2.45, 2.75) is 32.4 Å². The number of carbonyl (C=O) groups excluding carboxylic acids is 2. The van der Waals surface area contributed by atoms with E-state index in [0.29, 0.717) is 13.1 Å². The quantitative estimate of drug-likeness (QED) is 0.821. The lowest BCUT2D eigenvalue weighted by molar-refractivity contribution is -0.137. The monoisotopic (exact) mass is 360 g/mol. The fraction of sp³-hybridized carbons (Fsp3) is 0.368. The van der Waals surface area contributed by atoms with Crippen LogP contribution in [0.2, 0.25) is 0 Å². The first-order valence-corrected chi connectivity index (χ1v) is 9.22. The van der Waals surface area contributed by atoms with E-state index in [-0.39, 0.29) is 30.5 Å². The first kappa shape index (κ1) is 17.6. The minimum atomic E-state index is -0.293. The van der Waals surface area contributed by atoms with E-state index < -0.39 is 0 Å². The molecule has 0 bridgehead atoms. The molecule has 0 spiro atoms. The van der Waals surface area contributed by atoms with Crippen LogP contribution in [0.1, 0.15) is 28.8 Å². The Kier molecular flexibility index (Phi) is 5.48. The van der Waals surface area contributed by atoms with Gasteiger partial charge in [-0.2, -0.15) is 0 Å². The van der Waals surface area contributed by atoms with Gasteiger partial charge in [0.1, 0.15) is 5.82 Å². The summed E-state index contributed by atoms with van der Waals surface area (Å²) in [7, 11) is 1.70. The van der Waals surface area contributed by atoms with Crippen molar-refractivity contribution in [1.29, 1.82) is 0 Å². The van der Waals surface area contributed by atoms with Gasteiger partial charge in [-0.3, -0.25) is 9.59 Å². The zero-order chi connectivity index (χ0) is 17.8. The molecule has 0 saturated heterocycles. The Morgan fingerprint density at radius 2 is 1.96 bits per heavy atom. The number of thiophene rings is 1. The van der Waals surface area contributed by atoms with E-state index in [1.165, 1.54) is 22.6 Å². The lowest BCUT2D eigenvalue weighted by atomic mass is 10.1. The summed E-state index contributed by atoms with van der Waals surface area (Å²) in [5, 5.41) is 2.06. The van der Waals surface area contributed by atoms with Gasteiger partial charge in [-0.15, -0.1) is 11.3 Å². The number of rotatable bonds is 5. The average Bonchev–Trinajstić information content (AvgIpc) is 3.08. The highest BCUT2D eigenvalue weighted by Crippen LogP contribution is 2.24. The van der Waals surface area contributed by atoms with Crippen LogP contribution in [-0.2, 0) is 29.1 Å². The fourth-order valence-corrected chi connectivity index (χ4v) is 3.87. The molecule has 2 aromatic rings. The Bertz CT molecular complexity index is 757. The van der Waals surface area contributed by atoms with Crippen LogP contribution in [0.3, 0.4) is 0 Å². The van der Waals surface area contributed by atoms with E-state index in [0.717, 1.165) is 18.5 Å². The van der Waals surface area contributed by atoms with Crippen LogP contribution in [0, 0.1) is 5.82 Å². The lowest BCUT2D eigenvalue weighted by Crippen LogP contribution is -2.36. The van der Waals surface area contributed by atoms with E-state index in [2.05, 4.69) is 11.4 Å². The number of benzene rings is 1. The zero-order valence-corrected chi connectivity index (χ0v) is 15.0. The Balaban J connectivity index is 1.46. The molecule has 4 nitrogen and oxygen atoms in total. The summed E-state index contributed by atoms with van der Waals surface area (Å²) < 4.78 is 12.9. The minimum absolute atomic E-state index is 0.0281. The molecule has 0 fully saturated rings. The van der Waals surface area contributed by atoms with Crippen LogP contribution in [0.5, 0.6) is 0 Å². The van der Waals surface area contributed by atoms with Gasteiger partial charge in [0, 0.05) is 44.4 Å². The highest BCUT2D eigenvalue weighted by atomic mass is 32.1. The molecule has 1 aliphatic heterocycles. The molecule has 1 aliphatic rings. The van der Waals surface area contributed by atoms with Gasteiger partial charge in [0.2, 0.25) is 11.8 Å². The lowest BCUT2D eigenvalue weighted by Gasteiger charge is -2.27. The van der Waals surface area contributed by atoms with Gasteiger partial charge >= 0.3 is 0 Å².